The zero-order valence-corrected chi connectivity index (χ0v) is 14.5. The molecule has 2 saturated heterocycles. The highest BCUT2D eigenvalue weighted by atomic mass is 16.5. The number of hydrogen-bond acceptors (Lipinski definition) is 5. The van der Waals surface area contributed by atoms with Gasteiger partial charge in [0.1, 0.15) is 0 Å². The fourth-order valence-corrected chi connectivity index (χ4v) is 4.00. The number of aryl methyl sites for hydroxylation is 1. The molecule has 0 bridgehead atoms. The van der Waals surface area contributed by atoms with Gasteiger partial charge in [-0.1, -0.05) is 0 Å². The third-order valence-corrected chi connectivity index (χ3v) is 5.04. The molecular weight excluding hydrogens is 292 g/mol. The van der Waals surface area contributed by atoms with Crippen LogP contribution in [0.3, 0.4) is 0 Å². The molecule has 0 unspecified atom stereocenters. The van der Waals surface area contributed by atoms with Crippen molar-refractivity contribution >= 4 is 0 Å². The Labute approximate surface area is 139 Å². The number of methoxy groups -OCH3 is 1. The van der Waals surface area contributed by atoms with E-state index in [0.717, 1.165) is 52.5 Å². The Morgan fingerprint density at radius 2 is 2.17 bits per heavy atom. The second kappa shape index (κ2) is 7.75. The fraction of sp³-hybridized carbons (Fsp3) is 0.824. The monoisotopic (exact) mass is 322 g/mol. The molecule has 0 N–H and O–H groups in total. The maximum absolute atomic E-state index is 5.98. The number of piperidine rings is 1. The first-order valence-electron chi connectivity index (χ1n) is 8.68. The number of aromatic nitrogens is 2. The largest absolute Gasteiger partial charge is 0.383 e. The average Bonchev–Trinajstić information content (AvgIpc) is 2.84. The Balaban J connectivity index is 1.62. The molecule has 2 fully saturated rings. The van der Waals surface area contributed by atoms with E-state index in [-0.39, 0.29) is 5.41 Å². The number of likely N-dealkylation sites (tertiary alicyclic amines) is 1. The van der Waals surface area contributed by atoms with E-state index in [9.17, 15) is 0 Å². The summed E-state index contributed by atoms with van der Waals surface area (Å²) >= 11 is 0. The van der Waals surface area contributed by atoms with Crippen LogP contribution in [0.5, 0.6) is 0 Å². The summed E-state index contributed by atoms with van der Waals surface area (Å²) in [6, 6.07) is 0. The van der Waals surface area contributed by atoms with Crippen molar-refractivity contribution in [3.8, 4) is 0 Å². The van der Waals surface area contributed by atoms with E-state index in [1.165, 1.54) is 24.9 Å². The molecule has 0 aromatic carbocycles. The Bertz CT molecular complexity index is 493. The first-order valence-corrected chi connectivity index (χ1v) is 8.68. The van der Waals surface area contributed by atoms with E-state index in [0.29, 0.717) is 0 Å². The lowest BCUT2D eigenvalue weighted by molar-refractivity contribution is 0.00163. The van der Waals surface area contributed by atoms with Crippen molar-refractivity contribution < 1.29 is 9.47 Å². The van der Waals surface area contributed by atoms with Crippen LogP contribution in [0.25, 0.3) is 0 Å². The highest BCUT2D eigenvalue weighted by molar-refractivity contribution is 5.04. The van der Waals surface area contributed by atoms with Crippen molar-refractivity contribution in [3.05, 3.63) is 18.0 Å². The topological polar surface area (TPSA) is 42.8 Å². The Morgan fingerprint density at radius 3 is 2.96 bits per heavy atom. The van der Waals surface area contributed by atoms with E-state index in [2.05, 4.69) is 21.1 Å². The molecule has 130 valence electrons. The standard InChI is InChI=1S/C17H30N4O2/c1-19-11-16(10-18-19)12-21-5-3-4-17(14-21)13-20(6-8-22-2)7-9-23-15-17/h10-11H,3-9,12-15H2,1-2H3/t17-/m0/s1. The van der Waals surface area contributed by atoms with Crippen LogP contribution in [-0.2, 0) is 23.1 Å². The molecule has 0 radical (unpaired) electrons. The maximum atomic E-state index is 5.98. The average molecular weight is 322 g/mol. The van der Waals surface area contributed by atoms with Gasteiger partial charge in [-0.25, -0.2) is 0 Å². The van der Waals surface area contributed by atoms with Crippen LogP contribution in [0, 0.1) is 5.41 Å². The van der Waals surface area contributed by atoms with Gasteiger partial charge in [0.2, 0.25) is 0 Å². The van der Waals surface area contributed by atoms with Crippen LogP contribution in [0.1, 0.15) is 18.4 Å². The SMILES string of the molecule is COCCN1CCOC[C@@]2(CCCN(Cc3cnn(C)c3)C2)C1. The van der Waals surface area contributed by atoms with E-state index < -0.39 is 0 Å². The molecule has 0 aliphatic carbocycles. The van der Waals surface area contributed by atoms with Gasteiger partial charge < -0.3 is 9.47 Å². The predicted molar refractivity (Wildman–Crippen MR) is 89.3 cm³/mol. The number of nitrogens with zero attached hydrogens (tertiary/aromatic N) is 4. The lowest BCUT2D eigenvalue weighted by Gasteiger charge is -2.43. The van der Waals surface area contributed by atoms with Crippen molar-refractivity contribution in [2.75, 3.05) is 59.7 Å². The lowest BCUT2D eigenvalue weighted by Crippen LogP contribution is -2.50. The predicted octanol–water partition coefficient (Wildman–Crippen LogP) is 0.981. The molecular formula is C17H30N4O2. The summed E-state index contributed by atoms with van der Waals surface area (Å²) in [5, 5.41) is 4.29. The quantitative estimate of drug-likeness (QED) is 0.808. The van der Waals surface area contributed by atoms with Crippen molar-refractivity contribution in [2.24, 2.45) is 12.5 Å². The highest BCUT2D eigenvalue weighted by Gasteiger charge is 2.38. The summed E-state index contributed by atoms with van der Waals surface area (Å²) in [6.07, 6.45) is 6.62. The van der Waals surface area contributed by atoms with E-state index in [4.69, 9.17) is 9.47 Å². The van der Waals surface area contributed by atoms with Crippen LogP contribution in [0.15, 0.2) is 12.4 Å². The first-order chi connectivity index (χ1) is 11.2. The van der Waals surface area contributed by atoms with Crippen LogP contribution < -0.4 is 0 Å². The van der Waals surface area contributed by atoms with Gasteiger partial charge in [0.15, 0.2) is 0 Å². The van der Waals surface area contributed by atoms with Crippen LogP contribution in [-0.4, -0.2) is 79.2 Å². The van der Waals surface area contributed by atoms with Gasteiger partial charge in [0.05, 0.1) is 26.0 Å². The Morgan fingerprint density at radius 1 is 1.30 bits per heavy atom. The minimum atomic E-state index is 0.269. The minimum absolute atomic E-state index is 0.269. The van der Waals surface area contributed by atoms with E-state index >= 15 is 0 Å². The molecule has 0 amide bonds. The van der Waals surface area contributed by atoms with Crippen LogP contribution in [0.2, 0.25) is 0 Å². The molecule has 3 heterocycles. The molecule has 6 nitrogen and oxygen atoms in total. The molecule has 6 heteroatoms. The Kier molecular flexibility index (Phi) is 5.69. The summed E-state index contributed by atoms with van der Waals surface area (Å²) in [6.45, 7) is 8.97. The number of ether oxygens (including phenoxy) is 2. The minimum Gasteiger partial charge on any atom is -0.383 e. The normalized spacial score (nSPS) is 27.4. The van der Waals surface area contributed by atoms with Gasteiger partial charge in [-0.15, -0.1) is 0 Å². The molecule has 1 aromatic rings. The second-order valence-electron chi connectivity index (χ2n) is 7.16. The molecule has 1 aromatic heterocycles. The summed E-state index contributed by atoms with van der Waals surface area (Å²) in [5.41, 5.74) is 1.57. The van der Waals surface area contributed by atoms with Crippen molar-refractivity contribution in [2.45, 2.75) is 19.4 Å². The summed E-state index contributed by atoms with van der Waals surface area (Å²) < 4.78 is 13.1. The van der Waals surface area contributed by atoms with Gasteiger partial charge in [-0.3, -0.25) is 14.5 Å². The third kappa shape index (κ3) is 4.53. The molecule has 3 rings (SSSR count). The molecule has 23 heavy (non-hydrogen) atoms. The van der Waals surface area contributed by atoms with Crippen molar-refractivity contribution in [1.29, 1.82) is 0 Å². The number of rotatable bonds is 5. The van der Waals surface area contributed by atoms with Crippen molar-refractivity contribution in [3.63, 3.8) is 0 Å². The van der Waals surface area contributed by atoms with E-state index in [1.807, 2.05) is 17.9 Å². The van der Waals surface area contributed by atoms with Crippen LogP contribution >= 0.6 is 0 Å². The van der Waals surface area contributed by atoms with Gasteiger partial charge in [-0.2, -0.15) is 5.10 Å². The highest BCUT2D eigenvalue weighted by Crippen LogP contribution is 2.33. The fourth-order valence-electron chi connectivity index (χ4n) is 4.00. The van der Waals surface area contributed by atoms with Crippen molar-refractivity contribution in [1.82, 2.24) is 19.6 Å². The molecule has 2 aliphatic heterocycles. The van der Waals surface area contributed by atoms with Crippen LogP contribution in [0.4, 0.5) is 0 Å². The Hall–Kier alpha value is -0.950. The van der Waals surface area contributed by atoms with Gasteiger partial charge in [0, 0.05) is 64.1 Å². The smallest absolute Gasteiger partial charge is 0.0593 e. The zero-order valence-electron chi connectivity index (χ0n) is 14.5. The van der Waals surface area contributed by atoms with E-state index in [1.54, 1.807) is 7.11 Å². The summed E-state index contributed by atoms with van der Waals surface area (Å²) in [4.78, 5) is 5.09. The zero-order chi connectivity index (χ0) is 16.1. The van der Waals surface area contributed by atoms with Gasteiger partial charge in [-0.05, 0) is 19.4 Å². The molecule has 1 atom stereocenters. The lowest BCUT2D eigenvalue weighted by atomic mass is 9.80. The molecule has 2 aliphatic rings. The number of hydrogen-bond donors (Lipinski definition) is 0. The summed E-state index contributed by atoms with van der Waals surface area (Å²) in [7, 11) is 3.76. The summed E-state index contributed by atoms with van der Waals surface area (Å²) in [5.74, 6) is 0. The second-order valence-corrected chi connectivity index (χ2v) is 7.16. The molecule has 0 saturated carbocycles. The third-order valence-electron chi connectivity index (χ3n) is 5.04. The molecule has 1 spiro atoms. The first kappa shape index (κ1) is 16.9. The van der Waals surface area contributed by atoms with Gasteiger partial charge >= 0.3 is 0 Å². The maximum Gasteiger partial charge on any atom is 0.0593 e. The van der Waals surface area contributed by atoms with Gasteiger partial charge in [0.25, 0.3) is 0 Å².